The Morgan fingerprint density at radius 1 is 1.07 bits per heavy atom. The number of nitrogens with zero attached hydrogens (tertiary/aromatic N) is 1. The zero-order valence-corrected chi connectivity index (χ0v) is 18.0. The minimum absolute atomic E-state index is 0.162. The van der Waals surface area contributed by atoms with Crippen molar-refractivity contribution in [3.63, 3.8) is 0 Å². The summed E-state index contributed by atoms with van der Waals surface area (Å²) in [5.41, 5.74) is 1.68. The lowest BCUT2D eigenvalue weighted by Crippen LogP contribution is -2.43. The number of hydrogen-bond donors (Lipinski definition) is 1. The molecule has 0 bridgehead atoms. The van der Waals surface area contributed by atoms with E-state index in [0.29, 0.717) is 31.1 Å². The van der Waals surface area contributed by atoms with E-state index in [1.165, 1.54) is 6.92 Å². The van der Waals surface area contributed by atoms with Gasteiger partial charge in [-0.3, -0.25) is 9.59 Å². The third-order valence-electron chi connectivity index (χ3n) is 4.42. The normalized spacial score (nSPS) is 11.9. The molecule has 0 saturated heterocycles. The summed E-state index contributed by atoms with van der Waals surface area (Å²) in [5.74, 6) is -0.378. The first kappa shape index (κ1) is 22.9. The first-order valence-corrected chi connectivity index (χ1v) is 10.2. The van der Waals surface area contributed by atoms with E-state index in [-0.39, 0.29) is 17.9 Å². The van der Waals surface area contributed by atoms with Gasteiger partial charge >= 0.3 is 0 Å². The van der Waals surface area contributed by atoms with Crippen molar-refractivity contribution in [2.24, 2.45) is 0 Å². The van der Waals surface area contributed by atoms with Crippen LogP contribution in [-0.2, 0) is 20.9 Å². The number of carbonyl (C=O) groups excluding carboxylic acids is 2. The average molecular weight is 417 g/mol. The van der Waals surface area contributed by atoms with Gasteiger partial charge in [-0.15, -0.1) is 0 Å². The van der Waals surface area contributed by atoms with Gasteiger partial charge in [0.05, 0.1) is 6.10 Å². The maximum atomic E-state index is 13.1. The number of benzene rings is 2. The fraction of sp³-hybridized carbons (Fsp3) is 0.391. The fourth-order valence-electron chi connectivity index (χ4n) is 2.98. The van der Waals surface area contributed by atoms with E-state index >= 15 is 0 Å². The molecular formula is C23H29ClN2O3. The topological polar surface area (TPSA) is 58.6 Å². The molecule has 0 aliphatic heterocycles. The Morgan fingerprint density at radius 3 is 2.31 bits per heavy atom. The Morgan fingerprint density at radius 2 is 1.72 bits per heavy atom. The first-order chi connectivity index (χ1) is 13.9. The van der Waals surface area contributed by atoms with Crippen LogP contribution in [0.25, 0.3) is 0 Å². The molecule has 0 aliphatic rings. The van der Waals surface area contributed by atoms with Crippen LogP contribution in [0.5, 0.6) is 0 Å². The Labute approximate surface area is 178 Å². The highest BCUT2D eigenvalue weighted by molar-refractivity contribution is 6.30. The summed E-state index contributed by atoms with van der Waals surface area (Å²) in [6.45, 7) is 6.82. The summed E-state index contributed by atoms with van der Waals surface area (Å²) >= 11 is 5.97. The highest BCUT2D eigenvalue weighted by Gasteiger charge is 2.29. The Bertz CT molecular complexity index is 778. The van der Waals surface area contributed by atoms with Crippen molar-refractivity contribution in [2.75, 3.05) is 13.2 Å². The standard InChI is InChI=1S/C23H29ClN2O3/c1-17(2)29-15-7-14-25-23(28)22(20-8-5-4-6-9-20)26(18(3)27)16-19-10-12-21(24)13-11-19/h4-6,8-13,17,22H,7,14-16H2,1-3H3,(H,25,28)/t22-/m0/s1. The number of rotatable bonds is 10. The van der Waals surface area contributed by atoms with Gasteiger partial charge in [-0.1, -0.05) is 54.1 Å². The van der Waals surface area contributed by atoms with Gasteiger partial charge in [0.25, 0.3) is 0 Å². The van der Waals surface area contributed by atoms with Gasteiger partial charge in [0.2, 0.25) is 11.8 Å². The lowest BCUT2D eigenvalue weighted by molar-refractivity contribution is -0.140. The molecule has 0 unspecified atom stereocenters. The van der Waals surface area contributed by atoms with Gasteiger partial charge in [0, 0.05) is 31.6 Å². The van der Waals surface area contributed by atoms with Gasteiger partial charge in [-0.2, -0.15) is 0 Å². The Balaban J connectivity index is 2.17. The van der Waals surface area contributed by atoms with Crippen molar-refractivity contribution in [1.82, 2.24) is 10.2 Å². The summed E-state index contributed by atoms with van der Waals surface area (Å²) in [7, 11) is 0. The molecule has 2 aromatic carbocycles. The second-order valence-corrected chi connectivity index (χ2v) is 7.59. The number of carbonyl (C=O) groups is 2. The van der Waals surface area contributed by atoms with Crippen LogP contribution in [0.3, 0.4) is 0 Å². The summed E-state index contributed by atoms with van der Waals surface area (Å²) in [4.78, 5) is 27.1. The molecule has 29 heavy (non-hydrogen) atoms. The highest BCUT2D eigenvalue weighted by atomic mass is 35.5. The maximum Gasteiger partial charge on any atom is 0.247 e. The van der Waals surface area contributed by atoms with E-state index in [1.807, 2.05) is 56.3 Å². The predicted molar refractivity (Wildman–Crippen MR) is 116 cm³/mol. The van der Waals surface area contributed by atoms with Crippen LogP contribution in [0.15, 0.2) is 54.6 Å². The van der Waals surface area contributed by atoms with Crippen LogP contribution in [-0.4, -0.2) is 36.0 Å². The molecule has 0 fully saturated rings. The summed E-state index contributed by atoms with van der Waals surface area (Å²) < 4.78 is 5.52. The second kappa shape index (κ2) is 11.6. The molecule has 2 aromatic rings. The average Bonchev–Trinajstić information content (AvgIpc) is 2.69. The molecule has 0 aromatic heterocycles. The van der Waals surface area contributed by atoms with E-state index in [2.05, 4.69) is 5.32 Å². The fourth-order valence-corrected chi connectivity index (χ4v) is 3.10. The lowest BCUT2D eigenvalue weighted by Gasteiger charge is -2.30. The zero-order valence-electron chi connectivity index (χ0n) is 17.2. The van der Waals surface area contributed by atoms with Crippen LogP contribution < -0.4 is 5.32 Å². The molecule has 0 spiro atoms. The lowest BCUT2D eigenvalue weighted by atomic mass is 10.0. The molecule has 156 valence electrons. The Kier molecular flexibility index (Phi) is 9.16. The highest BCUT2D eigenvalue weighted by Crippen LogP contribution is 2.24. The van der Waals surface area contributed by atoms with Gasteiger partial charge in [-0.05, 0) is 43.5 Å². The van der Waals surface area contributed by atoms with Crippen LogP contribution in [0, 0.1) is 0 Å². The summed E-state index contributed by atoms with van der Waals surface area (Å²) in [6.07, 6.45) is 0.873. The maximum absolute atomic E-state index is 13.1. The molecule has 2 rings (SSSR count). The third kappa shape index (κ3) is 7.52. The molecule has 6 heteroatoms. The number of amides is 2. The number of nitrogens with one attached hydrogen (secondary N) is 1. The molecule has 0 heterocycles. The predicted octanol–water partition coefficient (Wildman–Crippen LogP) is 4.36. The number of halogens is 1. The van der Waals surface area contributed by atoms with Gasteiger partial charge < -0.3 is 15.0 Å². The minimum Gasteiger partial charge on any atom is -0.379 e. The van der Waals surface area contributed by atoms with Gasteiger partial charge in [0.15, 0.2) is 0 Å². The van der Waals surface area contributed by atoms with Crippen LogP contribution >= 0.6 is 11.6 Å². The smallest absolute Gasteiger partial charge is 0.247 e. The molecule has 0 aliphatic carbocycles. The molecular weight excluding hydrogens is 388 g/mol. The van der Waals surface area contributed by atoms with Crippen molar-refractivity contribution >= 4 is 23.4 Å². The van der Waals surface area contributed by atoms with E-state index in [1.54, 1.807) is 17.0 Å². The van der Waals surface area contributed by atoms with Gasteiger partial charge in [-0.25, -0.2) is 0 Å². The largest absolute Gasteiger partial charge is 0.379 e. The molecule has 1 N–H and O–H groups in total. The summed E-state index contributed by atoms with van der Waals surface area (Å²) in [5, 5.41) is 3.58. The third-order valence-corrected chi connectivity index (χ3v) is 4.67. The number of hydrogen-bond acceptors (Lipinski definition) is 3. The van der Waals surface area contributed by atoms with E-state index < -0.39 is 6.04 Å². The van der Waals surface area contributed by atoms with E-state index in [9.17, 15) is 9.59 Å². The molecule has 2 amide bonds. The molecule has 5 nitrogen and oxygen atoms in total. The monoisotopic (exact) mass is 416 g/mol. The van der Waals surface area contributed by atoms with Crippen LogP contribution in [0.4, 0.5) is 0 Å². The van der Waals surface area contributed by atoms with Crippen LogP contribution in [0.1, 0.15) is 44.4 Å². The SMILES string of the molecule is CC(=O)N(Cc1ccc(Cl)cc1)[C@H](C(=O)NCCCOC(C)C)c1ccccc1. The van der Waals surface area contributed by atoms with Gasteiger partial charge in [0.1, 0.15) is 6.04 Å². The van der Waals surface area contributed by atoms with Crippen molar-refractivity contribution in [1.29, 1.82) is 0 Å². The zero-order chi connectivity index (χ0) is 21.2. The quantitative estimate of drug-likeness (QED) is 0.585. The van der Waals surface area contributed by atoms with Crippen molar-refractivity contribution < 1.29 is 14.3 Å². The second-order valence-electron chi connectivity index (χ2n) is 7.15. The number of ether oxygens (including phenoxy) is 1. The minimum atomic E-state index is -0.713. The molecule has 0 radical (unpaired) electrons. The first-order valence-electron chi connectivity index (χ1n) is 9.84. The van der Waals surface area contributed by atoms with Crippen molar-refractivity contribution in [2.45, 2.75) is 45.9 Å². The molecule has 1 atom stereocenters. The van der Waals surface area contributed by atoms with Crippen molar-refractivity contribution in [3.8, 4) is 0 Å². The molecule has 0 saturated carbocycles. The Hall–Kier alpha value is -2.37. The van der Waals surface area contributed by atoms with E-state index in [4.69, 9.17) is 16.3 Å². The van der Waals surface area contributed by atoms with E-state index in [0.717, 1.165) is 11.1 Å². The summed E-state index contributed by atoms with van der Waals surface area (Å²) in [6, 6.07) is 15.9. The van der Waals surface area contributed by atoms with Crippen LogP contribution in [0.2, 0.25) is 5.02 Å². The van der Waals surface area contributed by atoms with Crippen molar-refractivity contribution in [3.05, 3.63) is 70.7 Å².